The minimum absolute atomic E-state index is 0.0671. The molecule has 2 aromatic rings. The van der Waals surface area contributed by atoms with Gasteiger partial charge in [0.05, 0.1) is 0 Å². The zero-order valence-electron chi connectivity index (χ0n) is 14.0. The van der Waals surface area contributed by atoms with Crippen LogP contribution in [0.1, 0.15) is 28.2 Å². The van der Waals surface area contributed by atoms with Crippen LogP contribution in [0.3, 0.4) is 0 Å². The van der Waals surface area contributed by atoms with Gasteiger partial charge in [0.15, 0.2) is 0 Å². The van der Waals surface area contributed by atoms with Crippen LogP contribution in [0.2, 0.25) is 7.92 Å². The molecule has 0 heterocycles. The average molecular weight is 599 g/mol. The van der Waals surface area contributed by atoms with Gasteiger partial charge in [-0.2, -0.15) is 0 Å². The summed E-state index contributed by atoms with van der Waals surface area (Å²) in [7, 11) is 15.7. The van der Waals surface area contributed by atoms with Gasteiger partial charge < -0.3 is 0 Å². The Bertz CT molecular complexity index is 979. The molecule has 0 aromatic heterocycles. The van der Waals surface area contributed by atoms with E-state index in [1.54, 1.807) is 0 Å². The van der Waals surface area contributed by atoms with E-state index in [-0.39, 0.29) is 5.90 Å². The summed E-state index contributed by atoms with van der Waals surface area (Å²) >= 11 is -5.43. The second kappa shape index (κ2) is 4.19. The third kappa shape index (κ3) is 2.31. The van der Waals surface area contributed by atoms with Crippen molar-refractivity contribution < 1.29 is 15.1 Å². The quantitative estimate of drug-likeness (QED) is 0.359. The minimum atomic E-state index is -5.43. The van der Waals surface area contributed by atoms with E-state index in [1.165, 1.54) is 22.3 Å². The SMILES string of the molecule is [CH3][U]([CH3])(=[SiH2])([Cl])([Cl])([CH]1C=Cc2ccccc21)[CH]1C=Cc2ccccc21. The third-order valence-electron chi connectivity index (χ3n) is 6.11. The molecular weight excluding hydrogens is 577 g/mol. The number of allylic oxidation sites excluding steroid dienone is 2. The summed E-state index contributed by atoms with van der Waals surface area (Å²) < 4.78 is 4.56. The molecular formula is C20H22Cl2SiU. The molecule has 2 unspecified atom stereocenters. The Morgan fingerprint density at radius 1 is 0.750 bits per heavy atom. The molecule has 0 amide bonds. The first-order valence-electron chi connectivity index (χ1n) is 8.45. The van der Waals surface area contributed by atoms with Gasteiger partial charge in [-0.25, -0.2) is 0 Å². The van der Waals surface area contributed by atoms with Crippen LogP contribution in [0.5, 0.6) is 0 Å². The summed E-state index contributed by atoms with van der Waals surface area (Å²) in [6, 6.07) is 18.9. The molecule has 0 fully saturated rings. The van der Waals surface area contributed by atoms with Crippen LogP contribution in [-0.4, -0.2) is 6.04 Å². The van der Waals surface area contributed by atoms with Crippen LogP contribution in [0, 0.1) is 15.1 Å². The molecule has 2 atom stereocenters. The van der Waals surface area contributed by atoms with Crippen molar-refractivity contribution in [3.8, 4) is 0 Å². The Morgan fingerprint density at radius 3 is 1.54 bits per heavy atom. The predicted octanol–water partition coefficient (Wildman–Crippen LogP) is 6.24. The maximum absolute atomic E-state index is 7.85. The number of rotatable bonds is 2. The fraction of sp³-hybridized carbons (Fsp3) is 0.200. The van der Waals surface area contributed by atoms with Crippen LogP contribution in [-0.2, 0) is 0 Å². The maximum atomic E-state index is 7.85. The number of halogens is 2. The molecule has 24 heavy (non-hydrogen) atoms. The zero-order chi connectivity index (χ0) is 17.3. The molecule has 0 radical (unpaired) electrons. The van der Waals surface area contributed by atoms with E-state index in [9.17, 15) is 0 Å². The molecule has 2 aromatic carbocycles. The number of benzene rings is 2. The van der Waals surface area contributed by atoms with E-state index in [2.05, 4.69) is 80.8 Å². The first-order chi connectivity index (χ1) is 10.9. The Kier molecular flexibility index (Phi) is 3.00. The van der Waals surface area contributed by atoms with Crippen molar-refractivity contribution in [1.82, 2.24) is 0 Å². The van der Waals surface area contributed by atoms with Crippen molar-refractivity contribution in [1.29, 1.82) is 0 Å². The normalized spacial score (nSPS) is 26.1. The van der Waals surface area contributed by atoms with Crippen molar-refractivity contribution in [2.75, 3.05) is 0 Å². The second-order valence-corrected chi connectivity index (χ2v) is 120. The van der Waals surface area contributed by atoms with Gasteiger partial charge in [0.25, 0.3) is 0 Å². The fourth-order valence-corrected chi connectivity index (χ4v) is 40.0. The second-order valence-electron chi connectivity index (χ2n) is 9.40. The van der Waals surface area contributed by atoms with Gasteiger partial charge in [0, 0.05) is 0 Å². The predicted molar refractivity (Wildman–Crippen MR) is 108 cm³/mol. The van der Waals surface area contributed by atoms with E-state index >= 15 is 0 Å². The third-order valence-corrected chi connectivity index (χ3v) is 48.2. The van der Waals surface area contributed by atoms with Crippen molar-refractivity contribution in [2.45, 2.75) is 13.8 Å². The first-order valence-corrected chi connectivity index (χ1v) is 41.3. The van der Waals surface area contributed by atoms with E-state index in [0.717, 1.165) is 0 Å². The molecule has 2 aliphatic rings. The Labute approximate surface area is 144 Å². The van der Waals surface area contributed by atoms with Gasteiger partial charge >= 0.3 is 145 Å². The molecule has 0 N–H and O–H groups in total. The Hall–Kier alpha value is -0.231. The van der Waals surface area contributed by atoms with Gasteiger partial charge in [-0.15, -0.1) is 0 Å². The van der Waals surface area contributed by atoms with Gasteiger partial charge in [-0.05, 0) is 0 Å². The van der Waals surface area contributed by atoms with Crippen LogP contribution >= 0.6 is 15.2 Å². The monoisotopic (exact) mass is 598 g/mol. The number of hydrogen-bond donors (Lipinski definition) is 0. The van der Waals surface area contributed by atoms with Crippen molar-refractivity contribution in [3.63, 3.8) is 0 Å². The fourth-order valence-electron chi connectivity index (χ4n) is 4.73. The van der Waals surface area contributed by atoms with Crippen LogP contribution < -0.4 is 0 Å². The van der Waals surface area contributed by atoms with Crippen LogP contribution in [0.4, 0.5) is 0 Å². The van der Waals surface area contributed by atoms with Crippen molar-refractivity contribution in [2.24, 2.45) is 0 Å². The van der Waals surface area contributed by atoms with E-state index in [0.29, 0.717) is 0 Å². The van der Waals surface area contributed by atoms with Crippen molar-refractivity contribution in [3.05, 3.63) is 82.9 Å². The molecule has 0 aliphatic heterocycles. The van der Waals surface area contributed by atoms with Gasteiger partial charge in [0.1, 0.15) is 0 Å². The molecule has 2 aliphatic carbocycles. The van der Waals surface area contributed by atoms with Gasteiger partial charge in [-0.1, -0.05) is 0 Å². The molecule has 0 bridgehead atoms. The van der Waals surface area contributed by atoms with Crippen LogP contribution in [0.25, 0.3) is 12.2 Å². The Morgan fingerprint density at radius 2 is 1.12 bits per heavy atom. The first kappa shape index (κ1) is 17.2. The summed E-state index contributed by atoms with van der Waals surface area (Å²) in [5.41, 5.74) is 5.03. The standard InChI is InChI=1S/2C9H7.2CH3.2ClH.H2Si.U/c2*1-2-5-9-7-3-6-8(9)4-1;;;;;;/h2*1-7H;2*1H3;2*1H;1H2;/q;;;;;;;+2/p-2. The zero-order valence-corrected chi connectivity index (χ0v) is 21.1. The molecule has 0 saturated carbocycles. The van der Waals surface area contributed by atoms with Gasteiger partial charge in [-0.3, -0.25) is 0 Å². The number of hydrogen-bond acceptors (Lipinski definition) is 0. The van der Waals surface area contributed by atoms with E-state index in [1.807, 2.05) is 6.04 Å². The summed E-state index contributed by atoms with van der Waals surface area (Å²) in [5.74, 6) is 0. The van der Waals surface area contributed by atoms with Crippen LogP contribution in [0.15, 0.2) is 60.7 Å². The van der Waals surface area contributed by atoms with E-state index in [4.69, 9.17) is 15.2 Å². The summed E-state index contributed by atoms with van der Waals surface area (Å²) in [5, 5.41) is 0. The topological polar surface area (TPSA) is 0 Å². The molecule has 4 heteroatoms. The molecule has 124 valence electrons. The number of fused-ring (bicyclic) bond motifs is 2. The molecule has 0 nitrogen and oxygen atoms in total. The van der Waals surface area contributed by atoms with Gasteiger partial charge in [0.2, 0.25) is 0 Å². The molecule has 0 saturated heterocycles. The summed E-state index contributed by atoms with van der Waals surface area (Å²) in [6.45, 7) is 0. The Balaban J connectivity index is 2.03. The molecule has 4 rings (SSSR count). The van der Waals surface area contributed by atoms with Crippen molar-refractivity contribution >= 4 is 33.4 Å². The summed E-state index contributed by atoms with van der Waals surface area (Å²) in [4.78, 5) is 0. The van der Waals surface area contributed by atoms with E-state index < -0.39 is 15.1 Å². The average Bonchev–Trinajstić information content (AvgIpc) is 3.11. The summed E-state index contributed by atoms with van der Waals surface area (Å²) in [6.07, 6.45) is 8.87. The molecule has 0 spiro atoms.